The number of piperidine rings is 1. The van der Waals surface area contributed by atoms with Gasteiger partial charge in [-0.05, 0) is 45.6 Å². The van der Waals surface area contributed by atoms with E-state index < -0.39 is 0 Å². The van der Waals surface area contributed by atoms with Crippen molar-refractivity contribution in [3.63, 3.8) is 0 Å². The van der Waals surface area contributed by atoms with Crippen molar-refractivity contribution in [1.29, 1.82) is 0 Å². The summed E-state index contributed by atoms with van der Waals surface area (Å²) in [7, 11) is 0. The molecule has 1 aromatic rings. The maximum Gasteiger partial charge on any atom is 0.256 e. The molecule has 0 bridgehead atoms. The van der Waals surface area contributed by atoms with E-state index in [9.17, 15) is 4.79 Å². The molecule has 1 aliphatic heterocycles. The van der Waals surface area contributed by atoms with Gasteiger partial charge < -0.3 is 10.6 Å². The van der Waals surface area contributed by atoms with E-state index in [0.717, 1.165) is 37.2 Å². The number of likely N-dealkylation sites (tertiary alicyclic amines) is 1. The van der Waals surface area contributed by atoms with E-state index in [1.807, 2.05) is 31.7 Å². The number of nitrogens with two attached hydrogens (primary N) is 1. The maximum absolute atomic E-state index is 12.8. The molecule has 5 heteroatoms. The Labute approximate surface area is 120 Å². The van der Waals surface area contributed by atoms with Crippen LogP contribution in [0.3, 0.4) is 0 Å². The minimum atomic E-state index is 0.000204. The smallest absolute Gasteiger partial charge is 0.256 e. The van der Waals surface area contributed by atoms with Gasteiger partial charge >= 0.3 is 0 Å². The molecule has 1 saturated heterocycles. The van der Waals surface area contributed by atoms with Crippen molar-refractivity contribution in [1.82, 2.24) is 15.1 Å². The number of carbonyl (C=O) groups is 1. The Morgan fingerprint density at radius 3 is 2.90 bits per heavy atom. The molecule has 2 unspecified atom stereocenters. The summed E-state index contributed by atoms with van der Waals surface area (Å²) in [6.07, 6.45) is 3.89. The average molecular weight is 276 g/mol. The fourth-order valence-corrected chi connectivity index (χ4v) is 2.87. The van der Waals surface area contributed by atoms with E-state index in [4.69, 9.17) is 5.73 Å². The van der Waals surface area contributed by atoms with Crippen molar-refractivity contribution in [3.8, 4) is 0 Å². The van der Waals surface area contributed by atoms with Crippen LogP contribution in [0.2, 0.25) is 0 Å². The standard InChI is InChI=1S/C15H24N4O/c1-4-13-12(9-10(2)17-18-13)15(20)19-8-6-5-7-14(19)11(3)16/h9,11,14H,4-8,16H2,1-3H3. The van der Waals surface area contributed by atoms with Gasteiger partial charge in [-0.1, -0.05) is 6.92 Å². The predicted molar refractivity (Wildman–Crippen MR) is 78.5 cm³/mol. The van der Waals surface area contributed by atoms with Crippen LogP contribution in [0.5, 0.6) is 0 Å². The van der Waals surface area contributed by atoms with E-state index in [2.05, 4.69) is 10.2 Å². The summed E-state index contributed by atoms with van der Waals surface area (Å²) >= 11 is 0. The highest BCUT2D eigenvalue weighted by Gasteiger charge is 2.31. The third kappa shape index (κ3) is 2.98. The van der Waals surface area contributed by atoms with Gasteiger partial charge in [0.15, 0.2) is 0 Å². The van der Waals surface area contributed by atoms with Crippen molar-refractivity contribution in [2.24, 2.45) is 5.73 Å². The highest BCUT2D eigenvalue weighted by molar-refractivity contribution is 5.95. The second kappa shape index (κ2) is 6.31. The Kier molecular flexibility index (Phi) is 4.70. The number of amides is 1. The molecular weight excluding hydrogens is 252 g/mol. The van der Waals surface area contributed by atoms with E-state index in [0.29, 0.717) is 12.0 Å². The second-order valence-electron chi connectivity index (χ2n) is 5.62. The molecule has 0 radical (unpaired) electrons. The molecule has 1 aromatic heterocycles. The number of aromatic nitrogens is 2. The fraction of sp³-hybridized carbons (Fsp3) is 0.667. The molecule has 2 N–H and O–H groups in total. The number of hydrogen-bond acceptors (Lipinski definition) is 4. The Hall–Kier alpha value is -1.49. The summed E-state index contributed by atoms with van der Waals surface area (Å²) in [5.41, 5.74) is 8.29. The zero-order valence-corrected chi connectivity index (χ0v) is 12.6. The summed E-state index contributed by atoms with van der Waals surface area (Å²) < 4.78 is 0. The van der Waals surface area contributed by atoms with Gasteiger partial charge in [-0.15, -0.1) is 0 Å². The number of nitrogens with zero attached hydrogens (tertiary/aromatic N) is 3. The molecule has 0 spiro atoms. The van der Waals surface area contributed by atoms with Gasteiger partial charge in [-0.25, -0.2) is 0 Å². The van der Waals surface area contributed by atoms with Gasteiger partial charge in [0.2, 0.25) is 0 Å². The van der Waals surface area contributed by atoms with Crippen LogP contribution in [0.1, 0.15) is 54.9 Å². The molecule has 0 aromatic carbocycles. The maximum atomic E-state index is 12.8. The lowest BCUT2D eigenvalue weighted by molar-refractivity contribution is 0.0581. The van der Waals surface area contributed by atoms with Gasteiger partial charge in [0.1, 0.15) is 0 Å². The zero-order chi connectivity index (χ0) is 14.7. The first-order valence-corrected chi connectivity index (χ1v) is 7.44. The number of hydrogen-bond donors (Lipinski definition) is 1. The Bertz CT molecular complexity index is 487. The summed E-state index contributed by atoms with van der Waals surface area (Å²) in [6.45, 7) is 6.63. The molecule has 2 atom stereocenters. The third-order valence-corrected chi connectivity index (χ3v) is 3.97. The van der Waals surface area contributed by atoms with Gasteiger partial charge in [0, 0.05) is 18.6 Å². The first-order valence-electron chi connectivity index (χ1n) is 7.44. The number of carbonyl (C=O) groups excluding carboxylic acids is 1. The van der Waals surface area contributed by atoms with Crippen LogP contribution in [0.4, 0.5) is 0 Å². The zero-order valence-electron chi connectivity index (χ0n) is 12.6. The molecular formula is C15H24N4O. The summed E-state index contributed by atoms with van der Waals surface area (Å²) in [5.74, 6) is 0.0573. The predicted octanol–water partition coefficient (Wildman–Crippen LogP) is 1.69. The van der Waals surface area contributed by atoms with Gasteiger partial charge in [-0.3, -0.25) is 4.79 Å². The van der Waals surface area contributed by atoms with Crippen molar-refractivity contribution in [2.45, 2.75) is 58.5 Å². The van der Waals surface area contributed by atoms with Crippen LogP contribution in [0.25, 0.3) is 0 Å². The second-order valence-corrected chi connectivity index (χ2v) is 5.62. The van der Waals surface area contributed by atoms with Crippen LogP contribution in [0.15, 0.2) is 6.07 Å². The molecule has 5 nitrogen and oxygen atoms in total. The van der Waals surface area contributed by atoms with Crippen molar-refractivity contribution >= 4 is 5.91 Å². The lowest BCUT2D eigenvalue weighted by Gasteiger charge is -2.38. The van der Waals surface area contributed by atoms with Gasteiger partial charge in [0.05, 0.1) is 17.0 Å². The van der Waals surface area contributed by atoms with E-state index in [-0.39, 0.29) is 18.0 Å². The quantitative estimate of drug-likeness (QED) is 0.912. The molecule has 0 saturated carbocycles. The lowest BCUT2D eigenvalue weighted by atomic mass is 9.95. The molecule has 2 rings (SSSR count). The van der Waals surface area contributed by atoms with Gasteiger partial charge in [0.25, 0.3) is 5.91 Å². The van der Waals surface area contributed by atoms with E-state index >= 15 is 0 Å². The first kappa shape index (κ1) is 14.9. The van der Waals surface area contributed by atoms with Crippen molar-refractivity contribution in [3.05, 3.63) is 23.0 Å². The number of rotatable bonds is 3. The van der Waals surface area contributed by atoms with Crippen LogP contribution in [0, 0.1) is 6.92 Å². The van der Waals surface area contributed by atoms with Crippen LogP contribution < -0.4 is 5.73 Å². The number of aryl methyl sites for hydroxylation is 2. The highest BCUT2D eigenvalue weighted by atomic mass is 16.2. The Morgan fingerprint density at radius 2 is 2.25 bits per heavy atom. The SMILES string of the molecule is CCc1nnc(C)cc1C(=O)N1CCCCC1C(C)N. The van der Waals surface area contributed by atoms with Crippen LogP contribution in [-0.2, 0) is 6.42 Å². The van der Waals surface area contributed by atoms with Crippen LogP contribution >= 0.6 is 0 Å². The molecule has 2 heterocycles. The minimum Gasteiger partial charge on any atom is -0.334 e. The Morgan fingerprint density at radius 1 is 1.50 bits per heavy atom. The molecule has 110 valence electrons. The molecule has 0 aliphatic carbocycles. The van der Waals surface area contributed by atoms with E-state index in [1.165, 1.54) is 0 Å². The summed E-state index contributed by atoms with van der Waals surface area (Å²) in [4.78, 5) is 14.8. The third-order valence-electron chi connectivity index (χ3n) is 3.97. The topological polar surface area (TPSA) is 72.1 Å². The normalized spacial score (nSPS) is 20.8. The van der Waals surface area contributed by atoms with Crippen molar-refractivity contribution < 1.29 is 4.79 Å². The minimum absolute atomic E-state index is 0.000204. The fourth-order valence-electron chi connectivity index (χ4n) is 2.87. The Balaban J connectivity index is 2.31. The van der Waals surface area contributed by atoms with E-state index in [1.54, 1.807) is 0 Å². The largest absolute Gasteiger partial charge is 0.334 e. The summed E-state index contributed by atoms with van der Waals surface area (Å²) in [5, 5.41) is 8.20. The molecule has 1 amide bonds. The van der Waals surface area contributed by atoms with Crippen LogP contribution in [-0.4, -0.2) is 39.6 Å². The first-order chi connectivity index (χ1) is 9.54. The monoisotopic (exact) mass is 276 g/mol. The van der Waals surface area contributed by atoms with Gasteiger partial charge in [-0.2, -0.15) is 10.2 Å². The average Bonchev–Trinajstić information content (AvgIpc) is 2.46. The lowest BCUT2D eigenvalue weighted by Crippen LogP contribution is -2.51. The molecule has 20 heavy (non-hydrogen) atoms. The highest BCUT2D eigenvalue weighted by Crippen LogP contribution is 2.22. The molecule has 1 fully saturated rings. The molecule has 1 aliphatic rings. The van der Waals surface area contributed by atoms with Crippen molar-refractivity contribution in [2.75, 3.05) is 6.54 Å². The summed E-state index contributed by atoms with van der Waals surface area (Å²) in [6, 6.07) is 1.98.